The monoisotopic (exact) mass is 419 g/mol. The molecule has 2 unspecified atom stereocenters. The van der Waals surface area contributed by atoms with E-state index in [1.54, 1.807) is 0 Å². The van der Waals surface area contributed by atoms with Crippen molar-refractivity contribution in [3.8, 4) is 22.5 Å². The minimum absolute atomic E-state index is 0.144. The standard InChI is InChI=1S/C30H31N2/c1-5-30(32-17-9-8-12-29(32)25-11-7-6-10-22(25)3)23(4)18-24-14-15-26(27(30)19-24)28-16-13-21(2)20-31-28/h6-17,19-20,23H,5,18H2,1-4H3/q+1. The lowest BCUT2D eigenvalue weighted by Gasteiger charge is -2.39. The van der Waals surface area contributed by atoms with Crippen LogP contribution in [-0.2, 0) is 12.0 Å². The molecular formula is C30H31N2+. The van der Waals surface area contributed by atoms with Gasteiger partial charge in [-0.1, -0.05) is 50.2 Å². The van der Waals surface area contributed by atoms with E-state index < -0.39 is 0 Å². The average Bonchev–Trinajstić information content (AvgIpc) is 2.81. The van der Waals surface area contributed by atoms with E-state index in [0.717, 1.165) is 18.5 Å². The number of hydrogen-bond acceptors (Lipinski definition) is 1. The fourth-order valence-corrected chi connectivity index (χ4v) is 5.66. The van der Waals surface area contributed by atoms with Crippen molar-refractivity contribution in [2.24, 2.45) is 5.92 Å². The Hall–Kier alpha value is -3.26. The summed E-state index contributed by atoms with van der Waals surface area (Å²) in [6.07, 6.45) is 6.36. The largest absolute Gasteiger partial charge is 0.256 e. The molecule has 2 heterocycles. The Morgan fingerprint density at radius 1 is 0.938 bits per heavy atom. The van der Waals surface area contributed by atoms with E-state index in [1.807, 2.05) is 6.20 Å². The zero-order valence-corrected chi connectivity index (χ0v) is 19.5. The molecular weight excluding hydrogens is 388 g/mol. The van der Waals surface area contributed by atoms with Crippen molar-refractivity contribution in [1.82, 2.24) is 4.98 Å². The van der Waals surface area contributed by atoms with Crippen molar-refractivity contribution in [3.63, 3.8) is 0 Å². The molecule has 4 aromatic rings. The first-order chi connectivity index (χ1) is 15.5. The number of aryl methyl sites for hydroxylation is 2. The topological polar surface area (TPSA) is 16.8 Å². The van der Waals surface area contributed by atoms with E-state index in [2.05, 4.69) is 111 Å². The van der Waals surface area contributed by atoms with Gasteiger partial charge in [-0.3, -0.25) is 4.98 Å². The number of benzene rings is 2. The molecule has 2 heteroatoms. The Kier molecular flexibility index (Phi) is 5.17. The van der Waals surface area contributed by atoms with Crippen molar-refractivity contribution in [3.05, 3.63) is 107 Å². The van der Waals surface area contributed by atoms with Crippen molar-refractivity contribution in [2.75, 3.05) is 0 Å². The molecule has 5 rings (SSSR count). The molecule has 0 amide bonds. The number of rotatable bonds is 4. The van der Waals surface area contributed by atoms with E-state index in [0.29, 0.717) is 5.92 Å². The Morgan fingerprint density at radius 2 is 1.75 bits per heavy atom. The second-order valence-corrected chi connectivity index (χ2v) is 9.25. The number of aromatic nitrogens is 2. The number of hydrogen-bond donors (Lipinski definition) is 0. The zero-order chi connectivity index (χ0) is 22.3. The second kappa shape index (κ2) is 8.02. The van der Waals surface area contributed by atoms with Gasteiger partial charge in [0.05, 0.1) is 5.69 Å². The van der Waals surface area contributed by atoms with Gasteiger partial charge >= 0.3 is 0 Å². The van der Waals surface area contributed by atoms with Crippen LogP contribution in [0.2, 0.25) is 0 Å². The maximum atomic E-state index is 4.81. The summed E-state index contributed by atoms with van der Waals surface area (Å²) in [5.41, 5.74) is 10.0. The lowest BCUT2D eigenvalue weighted by molar-refractivity contribution is -0.753. The molecule has 2 bridgehead atoms. The molecule has 0 saturated heterocycles. The highest BCUT2D eigenvalue weighted by molar-refractivity contribution is 5.67. The third-order valence-electron chi connectivity index (χ3n) is 7.34. The summed E-state index contributed by atoms with van der Waals surface area (Å²) in [5.74, 6) is 0.461. The van der Waals surface area contributed by atoms with E-state index in [1.165, 1.54) is 39.1 Å². The van der Waals surface area contributed by atoms with Crippen LogP contribution in [0.15, 0.2) is 85.2 Å². The molecule has 0 fully saturated rings. The summed E-state index contributed by atoms with van der Waals surface area (Å²) < 4.78 is 2.55. The van der Waals surface area contributed by atoms with E-state index in [-0.39, 0.29) is 5.54 Å². The van der Waals surface area contributed by atoms with E-state index in [9.17, 15) is 0 Å². The molecule has 0 spiro atoms. The normalized spacial score (nSPS) is 19.7. The predicted molar refractivity (Wildman–Crippen MR) is 131 cm³/mol. The Bertz CT molecular complexity index is 1270. The first-order valence-electron chi connectivity index (χ1n) is 11.7. The smallest absolute Gasteiger partial charge is 0.213 e. The van der Waals surface area contributed by atoms with Gasteiger partial charge in [0.25, 0.3) is 0 Å². The molecule has 2 aromatic carbocycles. The van der Waals surface area contributed by atoms with Crippen LogP contribution in [0.1, 0.15) is 42.5 Å². The summed E-state index contributed by atoms with van der Waals surface area (Å²) in [5, 5.41) is 0. The lowest BCUT2D eigenvalue weighted by Crippen LogP contribution is -2.63. The van der Waals surface area contributed by atoms with E-state index in [4.69, 9.17) is 4.98 Å². The minimum atomic E-state index is -0.144. The Morgan fingerprint density at radius 3 is 2.50 bits per heavy atom. The second-order valence-electron chi connectivity index (χ2n) is 9.25. The van der Waals surface area contributed by atoms with Crippen LogP contribution >= 0.6 is 0 Å². The van der Waals surface area contributed by atoms with Gasteiger partial charge < -0.3 is 0 Å². The van der Waals surface area contributed by atoms with Gasteiger partial charge in [0.15, 0.2) is 11.7 Å². The van der Waals surface area contributed by atoms with Crippen LogP contribution in [0, 0.1) is 19.8 Å². The quantitative estimate of drug-likeness (QED) is 0.338. The molecule has 0 radical (unpaired) electrons. The molecule has 2 aromatic heterocycles. The minimum Gasteiger partial charge on any atom is -0.256 e. The van der Waals surface area contributed by atoms with Crippen LogP contribution in [0.4, 0.5) is 0 Å². The molecule has 2 atom stereocenters. The highest BCUT2D eigenvalue weighted by atomic mass is 15.1. The van der Waals surface area contributed by atoms with Crippen LogP contribution in [0.5, 0.6) is 0 Å². The fraction of sp³-hybridized carbons (Fsp3) is 0.267. The molecule has 1 aliphatic carbocycles. The number of pyridine rings is 2. The highest BCUT2D eigenvalue weighted by Gasteiger charge is 2.50. The lowest BCUT2D eigenvalue weighted by atomic mass is 9.67. The maximum Gasteiger partial charge on any atom is 0.213 e. The van der Waals surface area contributed by atoms with E-state index >= 15 is 0 Å². The highest BCUT2D eigenvalue weighted by Crippen LogP contribution is 2.44. The third kappa shape index (κ3) is 3.17. The predicted octanol–water partition coefficient (Wildman–Crippen LogP) is 6.67. The third-order valence-corrected chi connectivity index (χ3v) is 7.34. The molecule has 160 valence electrons. The van der Waals surface area contributed by atoms with Crippen molar-refractivity contribution >= 4 is 0 Å². The van der Waals surface area contributed by atoms with Crippen molar-refractivity contribution in [2.45, 2.75) is 46.1 Å². The van der Waals surface area contributed by atoms with Crippen molar-refractivity contribution < 1.29 is 4.57 Å². The summed E-state index contributed by atoms with van der Waals surface area (Å²) in [6.45, 7) is 9.05. The van der Waals surface area contributed by atoms with Gasteiger partial charge in [-0.2, -0.15) is 4.57 Å². The fourth-order valence-electron chi connectivity index (χ4n) is 5.66. The Labute approximate surface area is 191 Å². The molecule has 0 N–H and O–H groups in total. The van der Waals surface area contributed by atoms with Crippen LogP contribution < -0.4 is 4.57 Å². The maximum absolute atomic E-state index is 4.81. The van der Waals surface area contributed by atoms with Crippen LogP contribution in [0.25, 0.3) is 22.5 Å². The van der Waals surface area contributed by atoms with Gasteiger partial charge in [0, 0.05) is 47.4 Å². The number of fused-ring (bicyclic) bond motifs is 2. The first-order valence-corrected chi connectivity index (χ1v) is 11.7. The molecule has 32 heavy (non-hydrogen) atoms. The summed E-state index contributed by atoms with van der Waals surface area (Å²) in [4.78, 5) is 4.81. The van der Waals surface area contributed by atoms with Crippen LogP contribution in [0.3, 0.4) is 0 Å². The zero-order valence-electron chi connectivity index (χ0n) is 19.5. The van der Waals surface area contributed by atoms with Gasteiger partial charge in [0.1, 0.15) is 0 Å². The summed E-state index contributed by atoms with van der Waals surface area (Å²) in [6, 6.07) is 26.7. The van der Waals surface area contributed by atoms with Gasteiger partial charge in [-0.05, 0) is 61.2 Å². The number of nitrogens with zero attached hydrogens (tertiary/aromatic N) is 2. The average molecular weight is 420 g/mol. The summed E-state index contributed by atoms with van der Waals surface area (Å²) >= 11 is 0. The van der Waals surface area contributed by atoms with Crippen molar-refractivity contribution in [1.29, 1.82) is 0 Å². The van der Waals surface area contributed by atoms with Gasteiger partial charge in [0.2, 0.25) is 5.69 Å². The van der Waals surface area contributed by atoms with Gasteiger partial charge in [-0.15, -0.1) is 0 Å². The van der Waals surface area contributed by atoms with Crippen LogP contribution in [-0.4, -0.2) is 4.98 Å². The molecule has 0 saturated carbocycles. The molecule has 1 aliphatic rings. The SMILES string of the molecule is CCC1([n+]2ccccc2-c2ccccc2C)c2cc(ccc2-c2ccc(C)cn2)CC1C. The molecule has 2 nitrogen and oxygen atoms in total. The first kappa shape index (κ1) is 20.6. The molecule has 0 aliphatic heterocycles. The summed E-state index contributed by atoms with van der Waals surface area (Å²) in [7, 11) is 0. The Balaban J connectivity index is 1.80. The van der Waals surface area contributed by atoms with Gasteiger partial charge in [-0.25, -0.2) is 0 Å².